The minimum Gasteiger partial charge on any atom is -0.493 e. The number of rotatable bonds is 4. The molecule has 0 saturated carbocycles. The van der Waals surface area contributed by atoms with Gasteiger partial charge in [0.2, 0.25) is 3.79 Å². The third kappa shape index (κ3) is 3.01. The first-order valence-electron chi connectivity index (χ1n) is 5.31. The van der Waals surface area contributed by atoms with Crippen molar-refractivity contribution >= 4 is 26.4 Å². The Morgan fingerprint density at radius 3 is 2.17 bits per heavy atom. The Morgan fingerprint density at radius 2 is 1.61 bits per heavy atom. The number of ether oxygens (including phenoxy) is 2. The number of methoxy groups -OCH3 is 1. The van der Waals surface area contributed by atoms with Gasteiger partial charge in [0.25, 0.3) is 0 Å². The highest BCUT2D eigenvalue weighted by Gasteiger charge is 2.05. The summed E-state index contributed by atoms with van der Waals surface area (Å²) in [4.78, 5) is 11.1. The van der Waals surface area contributed by atoms with Gasteiger partial charge in [-0.1, -0.05) is 12.1 Å². The summed E-state index contributed by atoms with van der Waals surface area (Å²) < 4.78 is 10.9. The average molecular weight is 354 g/mol. The highest BCUT2D eigenvalue weighted by atomic mass is 127. The fourth-order valence-electron chi connectivity index (χ4n) is 1.48. The lowest BCUT2D eigenvalue weighted by molar-refractivity contribution is 0.110. The summed E-state index contributed by atoms with van der Waals surface area (Å²) in [5.74, 6) is 1.99. The predicted octanol–water partition coefficient (Wildman–Crippen LogP) is 4.06. The maximum atomic E-state index is 11.1. The van der Waals surface area contributed by atoms with Gasteiger partial charge in [0.1, 0.15) is 5.75 Å². The van der Waals surface area contributed by atoms with Crippen LogP contribution in [0, 0.1) is 0 Å². The number of carbonyl (C=O) groups excluding carboxylic acids is 1. The minimum absolute atomic E-state index is 0.0106. The number of hydrogen-bond donors (Lipinski definition) is 0. The molecule has 2 aromatic carbocycles. The van der Waals surface area contributed by atoms with E-state index in [2.05, 4.69) is 0 Å². The van der Waals surface area contributed by atoms with Gasteiger partial charge in [0.15, 0.2) is 11.5 Å². The van der Waals surface area contributed by atoms with Gasteiger partial charge in [-0.2, -0.15) is 0 Å². The molecule has 0 heterocycles. The van der Waals surface area contributed by atoms with E-state index in [0.29, 0.717) is 22.8 Å². The summed E-state index contributed by atoms with van der Waals surface area (Å²) >= 11 is 1.76. The van der Waals surface area contributed by atoms with Crippen LogP contribution in [0.3, 0.4) is 0 Å². The molecule has 0 aromatic heterocycles. The number of hydrogen-bond acceptors (Lipinski definition) is 3. The van der Waals surface area contributed by atoms with Gasteiger partial charge in [0, 0.05) is 28.2 Å². The average Bonchev–Trinajstić information content (AvgIpc) is 2.40. The molecule has 0 fully saturated rings. The molecule has 0 spiro atoms. The maximum absolute atomic E-state index is 11.1. The monoisotopic (exact) mass is 354 g/mol. The van der Waals surface area contributed by atoms with Gasteiger partial charge in [-0.3, -0.25) is 4.79 Å². The van der Waals surface area contributed by atoms with E-state index in [1.807, 2.05) is 24.3 Å². The standard InChI is InChI=1S/C14H11IO3/c1-17-12-4-2-3-5-13(12)18-11-8-6-10(7-9-11)14(15)16/h2-9H,1H3. The van der Waals surface area contributed by atoms with Gasteiger partial charge < -0.3 is 9.47 Å². The van der Waals surface area contributed by atoms with Crippen molar-refractivity contribution in [2.75, 3.05) is 7.11 Å². The second-order valence-electron chi connectivity index (χ2n) is 3.55. The van der Waals surface area contributed by atoms with Crippen molar-refractivity contribution in [1.82, 2.24) is 0 Å². The van der Waals surface area contributed by atoms with Crippen LogP contribution in [0.2, 0.25) is 0 Å². The molecule has 2 rings (SSSR count). The Bertz CT molecular complexity index is 549. The molecule has 0 atom stereocenters. The van der Waals surface area contributed by atoms with Crippen molar-refractivity contribution in [2.45, 2.75) is 0 Å². The highest BCUT2D eigenvalue weighted by Crippen LogP contribution is 2.30. The second-order valence-corrected chi connectivity index (χ2v) is 4.53. The third-order valence-electron chi connectivity index (χ3n) is 2.38. The van der Waals surface area contributed by atoms with E-state index >= 15 is 0 Å². The smallest absolute Gasteiger partial charge is 0.222 e. The summed E-state index contributed by atoms with van der Waals surface area (Å²) in [6, 6.07) is 14.4. The van der Waals surface area contributed by atoms with Gasteiger partial charge in [0.05, 0.1) is 7.11 Å². The predicted molar refractivity (Wildman–Crippen MR) is 77.9 cm³/mol. The Labute approximate surface area is 119 Å². The van der Waals surface area contributed by atoms with Crippen LogP contribution in [0.25, 0.3) is 0 Å². The zero-order valence-corrected chi connectivity index (χ0v) is 11.9. The molecule has 0 aliphatic heterocycles. The third-order valence-corrected chi connectivity index (χ3v) is 3.00. The van der Waals surface area contributed by atoms with Crippen LogP contribution in [0.4, 0.5) is 0 Å². The van der Waals surface area contributed by atoms with Crippen LogP contribution >= 0.6 is 22.6 Å². The summed E-state index contributed by atoms with van der Waals surface area (Å²) in [6.45, 7) is 0. The van der Waals surface area contributed by atoms with E-state index in [-0.39, 0.29) is 3.79 Å². The Morgan fingerprint density at radius 1 is 1.00 bits per heavy atom. The molecular weight excluding hydrogens is 343 g/mol. The maximum Gasteiger partial charge on any atom is 0.222 e. The Hall–Kier alpha value is -1.56. The fraction of sp³-hybridized carbons (Fsp3) is 0.0714. The SMILES string of the molecule is COc1ccccc1Oc1ccc(C(=O)I)cc1. The lowest BCUT2D eigenvalue weighted by atomic mass is 10.2. The lowest BCUT2D eigenvalue weighted by Gasteiger charge is -2.09. The molecule has 18 heavy (non-hydrogen) atoms. The number of benzene rings is 2. The van der Waals surface area contributed by atoms with Crippen molar-refractivity contribution in [3.8, 4) is 17.2 Å². The summed E-state index contributed by atoms with van der Waals surface area (Å²) in [7, 11) is 1.60. The zero-order chi connectivity index (χ0) is 13.0. The van der Waals surface area contributed by atoms with Gasteiger partial charge in [-0.15, -0.1) is 0 Å². The van der Waals surface area contributed by atoms with Crippen molar-refractivity contribution < 1.29 is 14.3 Å². The summed E-state index contributed by atoms with van der Waals surface area (Å²) in [5.41, 5.74) is 0.656. The largest absolute Gasteiger partial charge is 0.493 e. The molecule has 4 heteroatoms. The molecular formula is C14H11IO3. The molecule has 0 radical (unpaired) electrons. The number of carbonyl (C=O) groups is 1. The van der Waals surface area contributed by atoms with Crippen LogP contribution in [0.15, 0.2) is 48.5 Å². The summed E-state index contributed by atoms with van der Waals surface area (Å²) in [6.07, 6.45) is 0. The topological polar surface area (TPSA) is 35.5 Å². The van der Waals surface area contributed by atoms with E-state index in [1.54, 1.807) is 54.0 Å². The molecule has 0 amide bonds. The first kappa shape index (κ1) is 12.9. The van der Waals surface area contributed by atoms with Crippen LogP contribution in [0.5, 0.6) is 17.2 Å². The first-order chi connectivity index (χ1) is 8.70. The normalized spacial score (nSPS) is 9.89. The number of halogens is 1. The van der Waals surface area contributed by atoms with Crippen molar-refractivity contribution in [3.05, 3.63) is 54.1 Å². The van der Waals surface area contributed by atoms with Crippen LogP contribution in [0.1, 0.15) is 10.4 Å². The molecule has 3 nitrogen and oxygen atoms in total. The van der Waals surface area contributed by atoms with E-state index in [1.165, 1.54) is 0 Å². The van der Waals surface area contributed by atoms with E-state index in [4.69, 9.17) is 9.47 Å². The van der Waals surface area contributed by atoms with Crippen molar-refractivity contribution in [3.63, 3.8) is 0 Å². The van der Waals surface area contributed by atoms with Crippen LogP contribution in [-0.2, 0) is 0 Å². The summed E-state index contributed by atoms with van der Waals surface area (Å²) in [5, 5.41) is 0. The highest BCUT2D eigenvalue weighted by molar-refractivity contribution is 14.1. The zero-order valence-electron chi connectivity index (χ0n) is 9.72. The molecule has 0 aliphatic rings. The van der Waals surface area contributed by atoms with Gasteiger partial charge in [-0.05, 0) is 36.4 Å². The first-order valence-corrected chi connectivity index (χ1v) is 6.39. The quantitative estimate of drug-likeness (QED) is 0.614. The van der Waals surface area contributed by atoms with Crippen molar-refractivity contribution in [2.24, 2.45) is 0 Å². The Balaban J connectivity index is 2.21. The van der Waals surface area contributed by atoms with E-state index < -0.39 is 0 Å². The van der Waals surface area contributed by atoms with Crippen molar-refractivity contribution in [1.29, 1.82) is 0 Å². The number of para-hydroxylation sites is 2. The lowest BCUT2D eigenvalue weighted by Crippen LogP contribution is -1.91. The molecule has 92 valence electrons. The van der Waals surface area contributed by atoms with Crippen LogP contribution in [-0.4, -0.2) is 10.9 Å². The van der Waals surface area contributed by atoms with Crippen LogP contribution < -0.4 is 9.47 Å². The van der Waals surface area contributed by atoms with E-state index in [0.717, 1.165) is 0 Å². The molecule has 0 saturated heterocycles. The fourth-order valence-corrected chi connectivity index (χ4v) is 1.84. The molecule has 0 N–H and O–H groups in total. The van der Waals surface area contributed by atoms with Gasteiger partial charge >= 0.3 is 0 Å². The minimum atomic E-state index is 0.0106. The molecule has 0 unspecified atom stereocenters. The Kier molecular flexibility index (Phi) is 4.19. The van der Waals surface area contributed by atoms with Gasteiger partial charge in [-0.25, -0.2) is 0 Å². The molecule has 0 bridgehead atoms. The van der Waals surface area contributed by atoms with E-state index in [9.17, 15) is 4.79 Å². The molecule has 0 aliphatic carbocycles. The molecule has 2 aromatic rings. The second kappa shape index (κ2) is 5.86.